The van der Waals surface area contributed by atoms with Crippen LogP contribution >= 0.6 is 0 Å². The van der Waals surface area contributed by atoms with E-state index in [9.17, 15) is 20.2 Å². The van der Waals surface area contributed by atoms with Crippen LogP contribution in [0.15, 0.2) is 109 Å². The summed E-state index contributed by atoms with van der Waals surface area (Å²) in [6.45, 7) is 0. The summed E-state index contributed by atoms with van der Waals surface area (Å²) in [4.78, 5) is 21.7. The average molecular weight is 610 g/mol. The largest absolute Gasteiger partial charge is 2.00 e. The smallest absolute Gasteiger partial charge is 0.358 e. The van der Waals surface area contributed by atoms with Crippen LogP contribution < -0.4 is 0 Å². The Morgan fingerprint density at radius 3 is 0.905 bits per heavy atom. The Hall–Kier alpha value is -3.81. The number of nitro benzene ring substituents is 2. The van der Waals surface area contributed by atoms with Crippen molar-refractivity contribution in [2.75, 3.05) is 0 Å². The molecule has 4 aromatic carbocycles. The molecule has 0 bridgehead atoms. The summed E-state index contributed by atoms with van der Waals surface area (Å²) in [6.07, 6.45) is 7.50. The van der Waals surface area contributed by atoms with Crippen LogP contribution in [0, 0.1) is 35.1 Å². The summed E-state index contributed by atoms with van der Waals surface area (Å²) in [5, 5.41) is 22.4. The van der Waals surface area contributed by atoms with Crippen molar-refractivity contribution in [3.05, 3.63) is 167 Å². The number of non-ortho nitro benzene ring substituents is 2. The topological polar surface area (TPSA) is 86.3 Å². The Bertz CT molecular complexity index is 1270. The SMILES string of the molecule is C1CCCC1.O=[N+]([O-])c1ccc(C2C(c3ccccc3)C(c3ccc([N+](=O)[O-])cc3)C2c2ccccc2)cc1.[CH3-].[CH3-].[Co+2]. The Labute approximate surface area is 259 Å². The molecule has 0 spiro atoms. The van der Waals surface area contributed by atoms with Gasteiger partial charge in [0.1, 0.15) is 0 Å². The summed E-state index contributed by atoms with van der Waals surface area (Å²) in [5.41, 5.74) is 4.60. The van der Waals surface area contributed by atoms with Gasteiger partial charge < -0.3 is 14.9 Å². The van der Waals surface area contributed by atoms with E-state index in [1.165, 1.54) is 43.2 Å². The van der Waals surface area contributed by atoms with Crippen LogP contribution in [0.3, 0.4) is 0 Å². The first-order valence-electron chi connectivity index (χ1n) is 13.6. The van der Waals surface area contributed by atoms with Gasteiger partial charge in [-0.05, 0) is 45.9 Å². The first-order chi connectivity index (χ1) is 19.0. The molecular formula is C35H38CoN2O4. The molecule has 7 heteroatoms. The van der Waals surface area contributed by atoms with Gasteiger partial charge in [-0.25, -0.2) is 0 Å². The van der Waals surface area contributed by atoms with Gasteiger partial charge in [0.2, 0.25) is 0 Å². The van der Waals surface area contributed by atoms with Gasteiger partial charge in [0.05, 0.1) is 9.85 Å². The molecule has 4 aromatic rings. The van der Waals surface area contributed by atoms with Crippen LogP contribution in [-0.2, 0) is 16.8 Å². The second-order valence-corrected chi connectivity index (χ2v) is 10.4. The molecule has 0 unspecified atom stereocenters. The third-order valence-electron chi connectivity index (χ3n) is 8.14. The Morgan fingerprint density at radius 2 is 0.667 bits per heavy atom. The molecule has 6 nitrogen and oxygen atoms in total. The van der Waals surface area contributed by atoms with Crippen LogP contribution in [-0.4, -0.2) is 9.85 Å². The molecule has 1 radical (unpaired) electrons. The van der Waals surface area contributed by atoms with Crippen LogP contribution in [0.25, 0.3) is 0 Å². The predicted octanol–water partition coefficient (Wildman–Crippen LogP) is 9.80. The Kier molecular flexibility index (Phi) is 13.1. The van der Waals surface area contributed by atoms with Crippen LogP contribution in [0.5, 0.6) is 0 Å². The van der Waals surface area contributed by atoms with Crippen LogP contribution in [0.2, 0.25) is 0 Å². The minimum atomic E-state index is -0.381. The summed E-state index contributed by atoms with van der Waals surface area (Å²) < 4.78 is 0. The number of rotatable bonds is 6. The van der Waals surface area contributed by atoms with Gasteiger partial charge in [0.25, 0.3) is 11.4 Å². The van der Waals surface area contributed by atoms with E-state index in [1.54, 1.807) is 24.3 Å². The maximum atomic E-state index is 11.2. The van der Waals surface area contributed by atoms with Crippen molar-refractivity contribution in [3.63, 3.8) is 0 Å². The normalized spacial score (nSPS) is 20.2. The van der Waals surface area contributed by atoms with Gasteiger partial charge in [0, 0.05) is 24.3 Å². The molecule has 2 fully saturated rings. The van der Waals surface area contributed by atoms with Gasteiger partial charge in [-0.3, -0.25) is 20.2 Å². The van der Waals surface area contributed by atoms with Crippen LogP contribution in [0.1, 0.15) is 78.0 Å². The molecule has 2 aliphatic rings. The van der Waals surface area contributed by atoms with E-state index in [2.05, 4.69) is 24.3 Å². The number of hydrogen-bond donors (Lipinski definition) is 0. The maximum absolute atomic E-state index is 11.2. The molecule has 2 saturated carbocycles. The Balaban J connectivity index is 0.000000700. The molecule has 221 valence electrons. The van der Waals surface area contributed by atoms with Crippen molar-refractivity contribution in [1.29, 1.82) is 0 Å². The zero-order chi connectivity index (χ0) is 27.2. The average Bonchev–Trinajstić information content (AvgIpc) is 3.55. The van der Waals surface area contributed by atoms with E-state index in [-0.39, 0.29) is 76.5 Å². The van der Waals surface area contributed by atoms with Gasteiger partial charge in [-0.1, -0.05) is 117 Å². The molecule has 6 rings (SSSR count). The minimum Gasteiger partial charge on any atom is -0.358 e. The first-order valence-corrected chi connectivity index (χ1v) is 13.6. The van der Waals surface area contributed by atoms with E-state index in [0.717, 1.165) is 11.1 Å². The Morgan fingerprint density at radius 1 is 0.429 bits per heavy atom. The fraction of sp³-hybridized carbons (Fsp3) is 0.257. The fourth-order valence-corrected chi connectivity index (χ4v) is 6.28. The quantitative estimate of drug-likeness (QED) is 0.124. The number of hydrogen-bond acceptors (Lipinski definition) is 4. The standard InChI is InChI=1S/C28H22N2O4.C5H10.2CH3.Co/c31-29(32)23-15-11-21(12-16-23)27-25(19-7-3-1-4-8-19)28(26(27)20-9-5-2-6-10-20)22-13-17-24(18-14-22)30(33)34;1-2-4-5-3-1;;;/h1-18,25-28H;1-5H2;2*1H3;/q;;2*-1;+2. The zero-order valence-electron chi connectivity index (χ0n) is 24.1. The van der Waals surface area contributed by atoms with E-state index in [1.807, 2.05) is 60.7 Å². The van der Waals surface area contributed by atoms with Gasteiger partial charge in [-0.15, -0.1) is 0 Å². The molecule has 0 N–H and O–H groups in total. The van der Waals surface area contributed by atoms with Gasteiger partial charge in [-0.2, -0.15) is 0 Å². The fourth-order valence-electron chi connectivity index (χ4n) is 6.28. The summed E-state index contributed by atoms with van der Waals surface area (Å²) >= 11 is 0. The zero-order valence-corrected chi connectivity index (χ0v) is 25.1. The number of nitro groups is 2. The second kappa shape index (κ2) is 16.0. The summed E-state index contributed by atoms with van der Waals surface area (Å²) in [6, 6.07) is 34.2. The summed E-state index contributed by atoms with van der Waals surface area (Å²) in [7, 11) is 0. The maximum Gasteiger partial charge on any atom is 2.00 e. The van der Waals surface area contributed by atoms with Crippen LogP contribution in [0.4, 0.5) is 11.4 Å². The molecule has 0 aliphatic heterocycles. The van der Waals surface area contributed by atoms with Crippen molar-refractivity contribution < 1.29 is 26.6 Å². The third kappa shape index (κ3) is 7.52. The molecule has 0 aromatic heterocycles. The third-order valence-corrected chi connectivity index (χ3v) is 8.14. The monoisotopic (exact) mass is 609 g/mol. The van der Waals surface area contributed by atoms with E-state index < -0.39 is 0 Å². The van der Waals surface area contributed by atoms with E-state index in [4.69, 9.17) is 0 Å². The van der Waals surface area contributed by atoms with Crippen molar-refractivity contribution >= 4 is 11.4 Å². The molecule has 0 atom stereocenters. The molecular weight excluding hydrogens is 571 g/mol. The number of nitrogens with zero attached hydrogens (tertiary/aromatic N) is 2. The van der Waals surface area contributed by atoms with Crippen molar-refractivity contribution in [2.45, 2.75) is 55.8 Å². The van der Waals surface area contributed by atoms with Crippen molar-refractivity contribution in [1.82, 2.24) is 0 Å². The first kappa shape index (κ1) is 34.4. The predicted molar refractivity (Wildman–Crippen MR) is 166 cm³/mol. The molecule has 0 amide bonds. The van der Waals surface area contributed by atoms with Crippen molar-refractivity contribution in [2.24, 2.45) is 0 Å². The van der Waals surface area contributed by atoms with E-state index in [0.29, 0.717) is 0 Å². The van der Waals surface area contributed by atoms with Gasteiger partial charge in [0.15, 0.2) is 0 Å². The molecule has 42 heavy (non-hydrogen) atoms. The molecule has 0 heterocycles. The van der Waals surface area contributed by atoms with Crippen molar-refractivity contribution in [3.8, 4) is 0 Å². The van der Waals surface area contributed by atoms with E-state index >= 15 is 0 Å². The number of benzene rings is 4. The minimum absolute atomic E-state index is 0. The van der Waals surface area contributed by atoms with Gasteiger partial charge >= 0.3 is 16.8 Å². The summed E-state index contributed by atoms with van der Waals surface area (Å²) in [5.74, 6) is 0.445. The molecule has 0 saturated heterocycles. The second-order valence-electron chi connectivity index (χ2n) is 10.4. The molecule has 2 aliphatic carbocycles.